The largest absolute Gasteiger partial charge is 0.303 e. The number of rotatable bonds is 6. The summed E-state index contributed by atoms with van der Waals surface area (Å²) in [5.41, 5.74) is 3.08. The minimum absolute atomic E-state index is 0.120. The van der Waals surface area contributed by atoms with Crippen molar-refractivity contribution in [3.8, 4) is 0 Å². The lowest BCUT2D eigenvalue weighted by molar-refractivity contribution is 0.0950. The molecule has 1 unspecified atom stereocenters. The van der Waals surface area contributed by atoms with Crippen molar-refractivity contribution in [2.75, 3.05) is 0 Å². The molecule has 0 spiro atoms. The van der Waals surface area contributed by atoms with Crippen molar-refractivity contribution < 1.29 is 4.79 Å². The molecule has 1 N–H and O–H groups in total. The Bertz CT molecular complexity index is 576. The lowest BCUT2D eigenvalue weighted by atomic mass is 9.98. The highest BCUT2D eigenvalue weighted by molar-refractivity contribution is 5.99. The molecule has 1 aromatic carbocycles. The first-order valence-corrected chi connectivity index (χ1v) is 7.34. The molecule has 1 aromatic heterocycles. The molecule has 21 heavy (non-hydrogen) atoms. The highest BCUT2D eigenvalue weighted by atomic mass is 16.1. The van der Waals surface area contributed by atoms with Gasteiger partial charge in [-0.25, -0.2) is 0 Å². The molecule has 0 fully saturated rings. The van der Waals surface area contributed by atoms with Gasteiger partial charge in [0, 0.05) is 24.5 Å². The first-order valence-electron chi connectivity index (χ1n) is 7.34. The number of pyridine rings is 1. The zero-order valence-electron chi connectivity index (χ0n) is 12.8. The molecule has 0 bridgehead atoms. The van der Waals surface area contributed by atoms with Crippen LogP contribution >= 0.6 is 0 Å². The van der Waals surface area contributed by atoms with Crippen molar-refractivity contribution in [1.82, 2.24) is 10.3 Å². The van der Waals surface area contributed by atoms with Gasteiger partial charge in [-0.15, -0.1) is 0 Å². The van der Waals surface area contributed by atoms with Crippen molar-refractivity contribution in [3.05, 3.63) is 65.5 Å². The zero-order valence-corrected chi connectivity index (χ0v) is 12.8. The van der Waals surface area contributed by atoms with Crippen LogP contribution in [0.25, 0.3) is 0 Å². The van der Waals surface area contributed by atoms with E-state index in [0.717, 1.165) is 11.1 Å². The maximum absolute atomic E-state index is 12.4. The molecular formula is C18H22N2O. The van der Waals surface area contributed by atoms with Crippen LogP contribution in [-0.4, -0.2) is 16.8 Å². The van der Waals surface area contributed by atoms with Crippen LogP contribution in [0.3, 0.4) is 0 Å². The first kappa shape index (κ1) is 15.4. The number of Topliss-reactive ketones (excluding diaryl/α,β-unsaturated/α-hetero) is 1. The maximum atomic E-state index is 12.4. The van der Waals surface area contributed by atoms with Crippen molar-refractivity contribution >= 4 is 5.78 Å². The minimum Gasteiger partial charge on any atom is -0.303 e. The van der Waals surface area contributed by atoms with E-state index in [1.807, 2.05) is 49.5 Å². The second kappa shape index (κ2) is 7.14. The number of carbonyl (C=O) groups excluding carboxylic acids is 1. The Morgan fingerprint density at radius 2 is 1.86 bits per heavy atom. The quantitative estimate of drug-likeness (QED) is 0.824. The number of nitrogens with zero attached hydrogens (tertiary/aromatic N) is 1. The molecule has 3 nitrogen and oxygen atoms in total. The van der Waals surface area contributed by atoms with E-state index < -0.39 is 0 Å². The molecule has 0 aliphatic carbocycles. The van der Waals surface area contributed by atoms with Crippen molar-refractivity contribution in [2.45, 2.75) is 39.3 Å². The molecule has 2 aromatic rings. The Labute approximate surface area is 126 Å². The number of carbonyl (C=O) groups is 1. The van der Waals surface area contributed by atoms with Crippen LogP contribution in [0.2, 0.25) is 0 Å². The predicted molar refractivity (Wildman–Crippen MR) is 85.4 cm³/mol. The average Bonchev–Trinajstić information content (AvgIpc) is 2.53. The van der Waals surface area contributed by atoms with Gasteiger partial charge in [0.1, 0.15) is 0 Å². The van der Waals surface area contributed by atoms with Crippen LogP contribution in [0.1, 0.15) is 48.2 Å². The highest BCUT2D eigenvalue weighted by Crippen LogP contribution is 2.15. The van der Waals surface area contributed by atoms with Gasteiger partial charge in [-0.1, -0.05) is 44.2 Å². The van der Waals surface area contributed by atoms with E-state index >= 15 is 0 Å². The van der Waals surface area contributed by atoms with Crippen LogP contribution in [0.5, 0.6) is 0 Å². The fraction of sp³-hybridized carbons (Fsp3) is 0.333. The standard InChI is InChI=1S/C18H22N2O/c1-13(2)16-6-8-17(9-7-16)18(21)14(3)20-12-15-5-4-10-19-11-15/h4-11,13-14,20H,12H2,1-3H3. The third-order valence-electron chi connectivity index (χ3n) is 3.59. The number of ketones is 1. The zero-order chi connectivity index (χ0) is 15.2. The highest BCUT2D eigenvalue weighted by Gasteiger charge is 2.14. The van der Waals surface area contributed by atoms with Crippen molar-refractivity contribution in [1.29, 1.82) is 0 Å². The molecule has 1 heterocycles. The van der Waals surface area contributed by atoms with E-state index in [1.54, 1.807) is 6.20 Å². The Morgan fingerprint density at radius 1 is 1.14 bits per heavy atom. The fourth-order valence-electron chi connectivity index (χ4n) is 2.15. The van der Waals surface area contributed by atoms with Gasteiger partial charge in [-0.3, -0.25) is 9.78 Å². The van der Waals surface area contributed by atoms with Gasteiger partial charge in [0.2, 0.25) is 0 Å². The summed E-state index contributed by atoms with van der Waals surface area (Å²) in [6, 6.07) is 11.6. The molecule has 0 aliphatic heterocycles. The Morgan fingerprint density at radius 3 is 2.43 bits per heavy atom. The molecule has 0 saturated heterocycles. The van der Waals surface area contributed by atoms with E-state index in [9.17, 15) is 4.79 Å². The summed E-state index contributed by atoms with van der Waals surface area (Å²) in [4.78, 5) is 16.4. The van der Waals surface area contributed by atoms with E-state index in [2.05, 4.69) is 24.1 Å². The average molecular weight is 282 g/mol. The topological polar surface area (TPSA) is 42.0 Å². The molecule has 0 amide bonds. The lowest BCUT2D eigenvalue weighted by Gasteiger charge is -2.13. The summed E-state index contributed by atoms with van der Waals surface area (Å²) in [6.07, 6.45) is 3.55. The van der Waals surface area contributed by atoms with Gasteiger partial charge in [0.25, 0.3) is 0 Å². The molecule has 0 saturated carbocycles. The lowest BCUT2D eigenvalue weighted by Crippen LogP contribution is -2.33. The Kier molecular flexibility index (Phi) is 5.23. The van der Waals surface area contributed by atoms with E-state index in [-0.39, 0.29) is 11.8 Å². The van der Waals surface area contributed by atoms with Crippen LogP contribution in [0.4, 0.5) is 0 Å². The third kappa shape index (κ3) is 4.23. The Balaban J connectivity index is 1.95. The summed E-state index contributed by atoms with van der Waals surface area (Å²) >= 11 is 0. The molecule has 0 radical (unpaired) electrons. The SMILES string of the molecule is CC(NCc1cccnc1)C(=O)c1ccc(C(C)C)cc1. The molecular weight excluding hydrogens is 260 g/mol. The molecule has 1 atom stereocenters. The van der Waals surface area contributed by atoms with Gasteiger partial charge < -0.3 is 5.32 Å². The first-order chi connectivity index (χ1) is 10.1. The fourth-order valence-corrected chi connectivity index (χ4v) is 2.15. The van der Waals surface area contributed by atoms with Crippen LogP contribution in [0, 0.1) is 0 Å². The number of hydrogen-bond acceptors (Lipinski definition) is 3. The second-order valence-electron chi connectivity index (χ2n) is 5.60. The number of hydrogen-bond donors (Lipinski definition) is 1. The van der Waals surface area contributed by atoms with Crippen LogP contribution in [0.15, 0.2) is 48.8 Å². The maximum Gasteiger partial charge on any atom is 0.179 e. The smallest absolute Gasteiger partial charge is 0.179 e. The number of nitrogens with one attached hydrogen (secondary N) is 1. The number of benzene rings is 1. The second-order valence-corrected chi connectivity index (χ2v) is 5.60. The summed E-state index contributed by atoms with van der Waals surface area (Å²) in [6.45, 7) is 6.84. The summed E-state index contributed by atoms with van der Waals surface area (Å²) < 4.78 is 0. The third-order valence-corrected chi connectivity index (χ3v) is 3.59. The van der Waals surface area contributed by atoms with Crippen molar-refractivity contribution in [2.24, 2.45) is 0 Å². The molecule has 0 aliphatic rings. The molecule has 2 rings (SSSR count). The van der Waals surface area contributed by atoms with E-state index in [1.165, 1.54) is 5.56 Å². The predicted octanol–water partition coefficient (Wildman–Crippen LogP) is 3.57. The van der Waals surface area contributed by atoms with Gasteiger partial charge in [0.15, 0.2) is 5.78 Å². The van der Waals surface area contributed by atoms with Gasteiger partial charge in [-0.05, 0) is 30.0 Å². The Hall–Kier alpha value is -2.00. The van der Waals surface area contributed by atoms with E-state index in [0.29, 0.717) is 12.5 Å². The summed E-state index contributed by atoms with van der Waals surface area (Å²) in [5.74, 6) is 0.601. The monoisotopic (exact) mass is 282 g/mol. The summed E-state index contributed by atoms with van der Waals surface area (Å²) in [7, 11) is 0. The minimum atomic E-state index is -0.213. The van der Waals surface area contributed by atoms with Crippen LogP contribution < -0.4 is 5.32 Å². The van der Waals surface area contributed by atoms with Crippen molar-refractivity contribution in [3.63, 3.8) is 0 Å². The molecule has 3 heteroatoms. The van der Waals surface area contributed by atoms with Gasteiger partial charge in [0.05, 0.1) is 6.04 Å². The van der Waals surface area contributed by atoms with Crippen LogP contribution in [-0.2, 0) is 6.54 Å². The normalized spacial score (nSPS) is 12.4. The van der Waals surface area contributed by atoms with E-state index in [4.69, 9.17) is 0 Å². The number of aromatic nitrogens is 1. The molecule has 110 valence electrons. The summed E-state index contributed by atoms with van der Waals surface area (Å²) in [5, 5.41) is 3.24. The van der Waals surface area contributed by atoms with Gasteiger partial charge in [-0.2, -0.15) is 0 Å². The van der Waals surface area contributed by atoms with Gasteiger partial charge >= 0.3 is 0 Å².